The van der Waals surface area contributed by atoms with Crippen molar-refractivity contribution in [3.63, 3.8) is 0 Å². The molecule has 26 heavy (non-hydrogen) atoms. The molecule has 7 nitrogen and oxygen atoms in total. The van der Waals surface area contributed by atoms with Gasteiger partial charge in [-0.15, -0.1) is 0 Å². The number of allylic oxidation sites excluding steroid dienone is 1. The third-order valence-corrected chi connectivity index (χ3v) is 4.41. The summed E-state index contributed by atoms with van der Waals surface area (Å²) in [5.74, 6) is 0.241. The number of nitro benzene ring substituents is 1. The van der Waals surface area contributed by atoms with Crippen molar-refractivity contribution in [1.29, 1.82) is 5.26 Å². The van der Waals surface area contributed by atoms with Crippen molar-refractivity contribution in [1.82, 2.24) is 4.90 Å². The van der Waals surface area contributed by atoms with Crippen LogP contribution in [0.25, 0.3) is 5.70 Å². The zero-order valence-corrected chi connectivity index (χ0v) is 14.1. The molecule has 0 aromatic heterocycles. The minimum absolute atomic E-state index is 0.0298. The van der Waals surface area contributed by atoms with Crippen molar-refractivity contribution in [3.05, 3.63) is 70.3 Å². The van der Waals surface area contributed by atoms with Gasteiger partial charge < -0.3 is 14.9 Å². The molecule has 2 aromatic carbocycles. The van der Waals surface area contributed by atoms with Crippen LogP contribution >= 0.6 is 0 Å². The van der Waals surface area contributed by atoms with Gasteiger partial charge in [-0.05, 0) is 42.0 Å². The number of benzene rings is 2. The Morgan fingerprint density at radius 3 is 2.23 bits per heavy atom. The molecule has 1 heterocycles. The van der Waals surface area contributed by atoms with Crippen molar-refractivity contribution in [2.24, 2.45) is 0 Å². The lowest BCUT2D eigenvalue weighted by Gasteiger charge is -2.38. The average molecular weight is 350 g/mol. The molecule has 1 saturated heterocycles. The van der Waals surface area contributed by atoms with E-state index >= 15 is 0 Å². The van der Waals surface area contributed by atoms with E-state index in [0.29, 0.717) is 0 Å². The number of nitriles is 1. The van der Waals surface area contributed by atoms with Crippen molar-refractivity contribution in [2.75, 3.05) is 31.1 Å². The number of hydrogen-bond acceptors (Lipinski definition) is 6. The smallest absolute Gasteiger partial charge is 0.269 e. The van der Waals surface area contributed by atoms with Crippen LogP contribution in [0.2, 0.25) is 0 Å². The fourth-order valence-electron chi connectivity index (χ4n) is 3.04. The number of nitro groups is 1. The Morgan fingerprint density at radius 2 is 1.69 bits per heavy atom. The topological polar surface area (TPSA) is 93.6 Å². The minimum atomic E-state index is -0.437. The summed E-state index contributed by atoms with van der Waals surface area (Å²) < 4.78 is 0. The molecular formula is C19H18N4O3. The molecule has 0 saturated carbocycles. The summed E-state index contributed by atoms with van der Waals surface area (Å²) in [6.07, 6.45) is 1.48. The van der Waals surface area contributed by atoms with E-state index in [2.05, 4.69) is 15.9 Å². The molecule has 1 aliphatic rings. The molecule has 1 fully saturated rings. The van der Waals surface area contributed by atoms with Crippen molar-refractivity contribution >= 4 is 17.1 Å². The van der Waals surface area contributed by atoms with E-state index in [1.54, 1.807) is 24.3 Å². The van der Waals surface area contributed by atoms with Crippen LogP contribution in [0.15, 0.2) is 54.6 Å². The first-order chi connectivity index (χ1) is 12.6. The Bertz CT molecular complexity index is 846. The van der Waals surface area contributed by atoms with Gasteiger partial charge in [0.15, 0.2) is 0 Å². The number of nitrogens with zero attached hydrogens (tertiary/aromatic N) is 4. The second-order valence-corrected chi connectivity index (χ2v) is 5.95. The highest BCUT2D eigenvalue weighted by atomic mass is 16.6. The number of anilines is 1. The van der Waals surface area contributed by atoms with E-state index in [1.165, 1.54) is 18.2 Å². The number of aromatic hydroxyl groups is 1. The predicted octanol–water partition coefficient (Wildman–Crippen LogP) is 2.99. The van der Waals surface area contributed by atoms with E-state index in [-0.39, 0.29) is 11.4 Å². The maximum atomic E-state index is 10.8. The maximum absolute atomic E-state index is 10.8. The molecule has 132 valence electrons. The van der Waals surface area contributed by atoms with Gasteiger partial charge in [0.05, 0.1) is 16.7 Å². The molecule has 1 aliphatic heterocycles. The average Bonchev–Trinajstić information content (AvgIpc) is 2.67. The number of hydrogen-bond donors (Lipinski definition) is 1. The zero-order chi connectivity index (χ0) is 18.5. The monoisotopic (exact) mass is 350 g/mol. The Balaban J connectivity index is 1.72. The van der Waals surface area contributed by atoms with Crippen LogP contribution in [0.5, 0.6) is 5.75 Å². The summed E-state index contributed by atoms with van der Waals surface area (Å²) in [6.45, 7) is 3.01. The van der Waals surface area contributed by atoms with Crippen LogP contribution in [0, 0.1) is 21.4 Å². The van der Waals surface area contributed by atoms with Crippen LogP contribution in [0.1, 0.15) is 5.56 Å². The lowest BCUT2D eigenvalue weighted by molar-refractivity contribution is -0.384. The van der Waals surface area contributed by atoms with Crippen LogP contribution in [-0.4, -0.2) is 41.1 Å². The van der Waals surface area contributed by atoms with Crippen LogP contribution in [0.4, 0.5) is 11.4 Å². The largest absolute Gasteiger partial charge is 0.508 e. The number of phenolic OH excluding ortho intramolecular Hbond substituents is 1. The number of non-ortho nitro benzene ring substituents is 1. The molecule has 0 bridgehead atoms. The Morgan fingerprint density at radius 1 is 1.08 bits per heavy atom. The van der Waals surface area contributed by atoms with Crippen LogP contribution < -0.4 is 4.90 Å². The van der Waals surface area contributed by atoms with Gasteiger partial charge in [-0.3, -0.25) is 10.1 Å². The third kappa shape index (κ3) is 3.75. The molecule has 0 aliphatic carbocycles. The number of rotatable bonds is 4. The van der Waals surface area contributed by atoms with Gasteiger partial charge in [0, 0.05) is 50.1 Å². The molecule has 7 heteroatoms. The standard InChI is InChI=1S/C19H18N4O3/c20-10-9-19(15-1-3-17(4-2-15)23(25)26)22-13-11-21(12-14-22)16-5-7-18(24)8-6-16/h1-9,24H,11-14H2. The minimum Gasteiger partial charge on any atom is -0.508 e. The SMILES string of the molecule is N#CC=C(c1ccc([N+](=O)[O-])cc1)N1CCN(c2ccc(O)cc2)CC1. The lowest BCUT2D eigenvalue weighted by Crippen LogP contribution is -2.45. The summed E-state index contributed by atoms with van der Waals surface area (Å²) >= 11 is 0. The van der Waals surface area contributed by atoms with Gasteiger partial charge in [0.25, 0.3) is 5.69 Å². The van der Waals surface area contributed by atoms with Crippen LogP contribution in [-0.2, 0) is 0 Å². The first-order valence-corrected chi connectivity index (χ1v) is 8.22. The van der Waals surface area contributed by atoms with Crippen LogP contribution in [0.3, 0.4) is 0 Å². The van der Waals surface area contributed by atoms with E-state index in [9.17, 15) is 15.2 Å². The second kappa shape index (κ2) is 7.57. The molecule has 2 aromatic rings. The Labute approximate surface area is 151 Å². The molecular weight excluding hydrogens is 332 g/mol. The fourth-order valence-corrected chi connectivity index (χ4v) is 3.04. The maximum Gasteiger partial charge on any atom is 0.269 e. The molecule has 3 rings (SSSR count). The molecule has 0 radical (unpaired) electrons. The fraction of sp³-hybridized carbons (Fsp3) is 0.211. The molecule has 0 amide bonds. The highest BCUT2D eigenvalue weighted by molar-refractivity contribution is 5.67. The van der Waals surface area contributed by atoms with E-state index < -0.39 is 4.92 Å². The number of piperazine rings is 1. The highest BCUT2D eigenvalue weighted by Crippen LogP contribution is 2.25. The van der Waals surface area contributed by atoms with Gasteiger partial charge in [-0.25, -0.2) is 0 Å². The quantitative estimate of drug-likeness (QED) is 0.517. The van der Waals surface area contributed by atoms with Gasteiger partial charge in [-0.2, -0.15) is 5.26 Å². The zero-order valence-electron chi connectivity index (χ0n) is 14.1. The molecule has 0 atom stereocenters. The van der Waals surface area contributed by atoms with E-state index in [4.69, 9.17) is 5.26 Å². The summed E-state index contributed by atoms with van der Waals surface area (Å²) in [6, 6.07) is 15.4. The molecule has 0 spiro atoms. The van der Waals surface area contributed by atoms with Crippen molar-refractivity contribution < 1.29 is 10.0 Å². The second-order valence-electron chi connectivity index (χ2n) is 5.95. The third-order valence-electron chi connectivity index (χ3n) is 4.41. The summed E-state index contributed by atoms with van der Waals surface area (Å²) in [5.41, 5.74) is 2.63. The highest BCUT2D eigenvalue weighted by Gasteiger charge is 2.20. The Kier molecular flexibility index (Phi) is 5.04. The van der Waals surface area contributed by atoms with E-state index in [0.717, 1.165) is 43.1 Å². The van der Waals surface area contributed by atoms with Gasteiger partial charge in [-0.1, -0.05) is 0 Å². The normalized spacial score (nSPS) is 14.8. The van der Waals surface area contributed by atoms with Crippen molar-refractivity contribution in [2.45, 2.75) is 0 Å². The summed E-state index contributed by atoms with van der Waals surface area (Å²) in [5, 5.41) is 29.3. The first kappa shape index (κ1) is 17.3. The summed E-state index contributed by atoms with van der Waals surface area (Å²) in [4.78, 5) is 14.7. The molecule has 0 unspecified atom stereocenters. The Hall–Kier alpha value is -3.53. The van der Waals surface area contributed by atoms with Gasteiger partial charge in [0.2, 0.25) is 0 Å². The van der Waals surface area contributed by atoms with Crippen molar-refractivity contribution in [3.8, 4) is 11.8 Å². The first-order valence-electron chi connectivity index (χ1n) is 8.22. The predicted molar refractivity (Wildman–Crippen MR) is 98.6 cm³/mol. The van der Waals surface area contributed by atoms with Gasteiger partial charge in [0.1, 0.15) is 5.75 Å². The van der Waals surface area contributed by atoms with E-state index in [1.807, 2.05) is 12.1 Å². The molecule has 1 N–H and O–H groups in total. The summed E-state index contributed by atoms with van der Waals surface area (Å²) in [7, 11) is 0. The van der Waals surface area contributed by atoms with Gasteiger partial charge >= 0.3 is 0 Å². The number of phenols is 1. The lowest BCUT2D eigenvalue weighted by atomic mass is 10.1.